The highest BCUT2D eigenvalue weighted by atomic mass is 16.3. The van der Waals surface area contributed by atoms with Crippen LogP contribution in [0, 0.1) is 0 Å². The van der Waals surface area contributed by atoms with Crippen molar-refractivity contribution in [2.24, 2.45) is 0 Å². The van der Waals surface area contributed by atoms with Crippen LogP contribution in [0.15, 0.2) is 53.1 Å². The van der Waals surface area contributed by atoms with Crippen LogP contribution in [0.3, 0.4) is 0 Å². The van der Waals surface area contributed by atoms with Crippen molar-refractivity contribution >= 4 is 0 Å². The number of hydrogen-bond donors (Lipinski definition) is 1. The first-order valence-corrected chi connectivity index (χ1v) is 8.33. The van der Waals surface area contributed by atoms with E-state index in [-0.39, 0.29) is 6.10 Å². The van der Waals surface area contributed by atoms with E-state index in [0.717, 1.165) is 25.7 Å². The lowest BCUT2D eigenvalue weighted by molar-refractivity contribution is 0.220. The summed E-state index contributed by atoms with van der Waals surface area (Å²) in [5.74, 6) is 0. The molecule has 0 amide bonds. The summed E-state index contributed by atoms with van der Waals surface area (Å²) >= 11 is 0. The molecule has 1 aromatic rings. The van der Waals surface area contributed by atoms with E-state index in [9.17, 15) is 5.11 Å². The van der Waals surface area contributed by atoms with Gasteiger partial charge in [-0.3, -0.25) is 0 Å². The lowest BCUT2D eigenvalue weighted by Gasteiger charge is -2.10. The number of aryl methyl sites for hydroxylation is 1. The van der Waals surface area contributed by atoms with Crippen LogP contribution in [-0.2, 0) is 6.42 Å². The zero-order valence-corrected chi connectivity index (χ0v) is 13.4. The van der Waals surface area contributed by atoms with Crippen LogP contribution in [0.1, 0.15) is 57.9 Å². The van der Waals surface area contributed by atoms with Crippen LogP contribution in [0.4, 0.5) is 0 Å². The Morgan fingerprint density at radius 3 is 2.62 bits per heavy atom. The molecule has 114 valence electrons. The summed E-state index contributed by atoms with van der Waals surface area (Å²) in [5.41, 5.74) is 5.41. The molecule has 1 unspecified atom stereocenters. The molecule has 0 spiro atoms. The Hall–Kier alpha value is -1.34. The fraction of sp³-hybridized carbons (Fsp3) is 0.500. The molecule has 1 aliphatic carbocycles. The van der Waals surface area contributed by atoms with Crippen molar-refractivity contribution in [3.05, 3.63) is 58.7 Å². The summed E-state index contributed by atoms with van der Waals surface area (Å²) in [5, 5.41) is 10.3. The number of unbranched alkanes of at least 4 members (excludes halogenated alkanes) is 2. The third kappa shape index (κ3) is 4.57. The van der Waals surface area contributed by atoms with E-state index in [0.29, 0.717) is 0 Å². The van der Waals surface area contributed by atoms with Crippen molar-refractivity contribution in [3.8, 4) is 0 Å². The van der Waals surface area contributed by atoms with Gasteiger partial charge in [0.05, 0.1) is 6.10 Å². The van der Waals surface area contributed by atoms with Crippen molar-refractivity contribution in [1.29, 1.82) is 0 Å². The highest BCUT2D eigenvalue weighted by molar-refractivity contribution is 5.44. The highest BCUT2D eigenvalue weighted by Gasteiger charge is 2.24. The number of aliphatic hydroxyl groups excluding tert-OH is 1. The molecule has 1 aliphatic rings. The maximum Gasteiger partial charge on any atom is 0.0826 e. The van der Waals surface area contributed by atoms with Crippen molar-refractivity contribution in [3.63, 3.8) is 0 Å². The predicted molar refractivity (Wildman–Crippen MR) is 90.3 cm³/mol. The summed E-state index contributed by atoms with van der Waals surface area (Å²) in [4.78, 5) is 0. The van der Waals surface area contributed by atoms with E-state index in [1.165, 1.54) is 41.5 Å². The third-order valence-electron chi connectivity index (χ3n) is 4.39. The molecule has 0 heterocycles. The number of aliphatic hydroxyl groups is 1. The lowest BCUT2D eigenvalue weighted by Crippen LogP contribution is -2.05. The second-order valence-corrected chi connectivity index (χ2v) is 6.12. The Morgan fingerprint density at radius 2 is 1.90 bits per heavy atom. The van der Waals surface area contributed by atoms with Crippen molar-refractivity contribution in [2.75, 3.05) is 0 Å². The van der Waals surface area contributed by atoms with E-state index >= 15 is 0 Å². The summed E-state index contributed by atoms with van der Waals surface area (Å²) in [6.45, 7) is 4.42. The summed E-state index contributed by atoms with van der Waals surface area (Å²) in [7, 11) is 0. The van der Waals surface area contributed by atoms with Crippen LogP contribution in [0.2, 0.25) is 0 Å². The molecule has 2 rings (SSSR count). The molecular weight excluding hydrogens is 256 g/mol. The van der Waals surface area contributed by atoms with Gasteiger partial charge in [0.25, 0.3) is 0 Å². The molecule has 1 heteroatoms. The highest BCUT2D eigenvalue weighted by Crippen LogP contribution is 2.35. The van der Waals surface area contributed by atoms with Gasteiger partial charge < -0.3 is 5.11 Å². The van der Waals surface area contributed by atoms with Crippen LogP contribution in [0.25, 0.3) is 0 Å². The van der Waals surface area contributed by atoms with Gasteiger partial charge in [0.1, 0.15) is 0 Å². The van der Waals surface area contributed by atoms with Gasteiger partial charge >= 0.3 is 0 Å². The minimum absolute atomic E-state index is 0.266. The number of benzene rings is 1. The topological polar surface area (TPSA) is 20.2 Å². The van der Waals surface area contributed by atoms with E-state index in [4.69, 9.17) is 0 Å². The normalized spacial score (nSPS) is 20.5. The third-order valence-corrected chi connectivity index (χ3v) is 4.39. The second kappa shape index (κ2) is 8.19. The van der Waals surface area contributed by atoms with Gasteiger partial charge in [-0.1, -0.05) is 61.7 Å². The van der Waals surface area contributed by atoms with Gasteiger partial charge in [-0.15, -0.1) is 0 Å². The average Bonchev–Trinajstić information content (AvgIpc) is 2.75. The second-order valence-electron chi connectivity index (χ2n) is 6.12. The van der Waals surface area contributed by atoms with Gasteiger partial charge in [0.2, 0.25) is 0 Å². The molecular formula is C20H28O. The van der Waals surface area contributed by atoms with Crippen molar-refractivity contribution in [2.45, 2.75) is 64.9 Å². The standard InChI is InChI=1S/C20H28O/c1-3-4-6-13-18-16(2)15-20(21)19(18)14-9-12-17-10-7-5-8-11-17/h5,7-8,10-11,14,20-21H,3-4,6,9,12-13,15H2,1-2H3/b19-14-. The number of allylic oxidation sites excluding steroid dienone is 1. The Kier molecular flexibility index (Phi) is 6.25. The zero-order chi connectivity index (χ0) is 15.1. The molecule has 0 saturated heterocycles. The fourth-order valence-corrected chi connectivity index (χ4v) is 3.18. The van der Waals surface area contributed by atoms with Crippen LogP contribution in [0.5, 0.6) is 0 Å². The van der Waals surface area contributed by atoms with Crippen LogP contribution in [-0.4, -0.2) is 11.2 Å². The molecule has 0 bridgehead atoms. The lowest BCUT2D eigenvalue weighted by atomic mass is 9.98. The number of hydrogen-bond acceptors (Lipinski definition) is 1. The fourth-order valence-electron chi connectivity index (χ4n) is 3.18. The van der Waals surface area contributed by atoms with Crippen molar-refractivity contribution < 1.29 is 5.11 Å². The summed E-state index contributed by atoms with van der Waals surface area (Å²) in [6, 6.07) is 10.6. The first kappa shape index (κ1) is 16.0. The molecule has 1 nitrogen and oxygen atoms in total. The molecule has 0 fully saturated rings. The van der Waals surface area contributed by atoms with Gasteiger partial charge in [-0.2, -0.15) is 0 Å². The molecule has 0 aliphatic heterocycles. The van der Waals surface area contributed by atoms with E-state index in [1.54, 1.807) is 0 Å². The van der Waals surface area contributed by atoms with Crippen molar-refractivity contribution in [1.82, 2.24) is 0 Å². The molecule has 0 radical (unpaired) electrons. The van der Waals surface area contributed by atoms with Gasteiger partial charge in [-0.05, 0) is 55.7 Å². The maximum absolute atomic E-state index is 10.3. The first-order valence-electron chi connectivity index (χ1n) is 8.33. The number of rotatable bonds is 7. The molecule has 0 aromatic heterocycles. The zero-order valence-electron chi connectivity index (χ0n) is 13.4. The van der Waals surface area contributed by atoms with Crippen LogP contribution >= 0.6 is 0 Å². The SMILES string of the molecule is CCCCCC1=C(C)CC(O)/C1=C\CCc1ccccc1. The molecule has 0 saturated carbocycles. The van der Waals surface area contributed by atoms with Crippen LogP contribution < -0.4 is 0 Å². The van der Waals surface area contributed by atoms with E-state index < -0.39 is 0 Å². The predicted octanol–water partition coefficient (Wildman–Crippen LogP) is 5.21. The average molecular weight is 284 g/mol. The Morgan fingerprint density at radius 1 is 1.14 bits per heavy atom. The smallest absolute Gasteiger partial charge is 0.0826 e. The van der Waals surface area contributed by atoms with Gasteiger partial charge in [0, 0.05) is 0 Å². The summed E-state index contributed by atoms with van der Waals surface area (Å²) < 4.78 is 0. The maximum atomic E-state index is 10.3. The van der Waals surface area contributed by atoms with E-state index in [2.05, 4.69) is 50.3 Å². The monoisotopic (exact) mass is 284 g/mol. The van der Waals surface area contributed by atoms with E-state index in [1.807, 2.05) is 0 Å². The minimum Gasteiger partial charge on any atom is -0.388 e. The molecule has 1 aromatic carbocycles. The quantitative estimate of drug-likeness (QED) is 0.682. The minimum atomic E-state index is -0.266. The molecule has 1 atom stereocenters. The molecule has 1 N–H and O–H groups in total. The Balaban J connectivity index is 1.96. The Bertz CT molecular complexity index is 496. The Labute approximate surface area is 129 Å². The van der Waals surface area contributed by atoms with Gasteiger partial charge in [-0.25, -0.2) is 0 Å². The summed E-state index contributed by atoms with van der Waals surface area (Å²) in [6.07, 6.45) is 9.82. The molecule has 21 heavy (non-hydrogen) atoms. The van der Waals surface area contributed by atoms with Gasteiger partial charge in [0.15, 0.2) is 0 Å². The first-order chi connectivity index (χ1) is 10.2. The largest absolute Gasteiger partial charge is 0.388 e.